The molecule has 6 nitrogen and oxygen atoms in total. The Balaban J connectivity index is 0.00000312. The van der Waals surface area contributed by atoms with Gasteiger partial charge < -0.3 is 19.9 Å². The summed E-state index contributed by atoms with van der Waals surface area (Å²) in [6.45, 7) is 3.23. The van der Waals surface area contributed by atoms with E-state index >= 15 is 0 Å². The van der Waals surface area contributed by atoms with Crippen molar-refractivity contribution in [3.63, 3.8) is 0 Å². The first-order valence-electron chi connectivity index (χ1n) is 8.47. The summed E-state index contributed by atoms with van der Waals surface area (Å²) in [5, 5.41) is 2.98. The zero-order valence-electron chi connectivity index (χ0n) is 15.0. The Labute approximate surface area is 155 Å². The maximum absolute atomic E-state index is 12.3. The Morgan fingerprint density at radius 2 is 1.52 bits per heavy atom. The van der Waals surface area contributed by atoms with Crippen LogP contribution in [0.3, 0.4) is 0 Å². The molecule has 0 aliphatic carbocycles. The fourth-order valence-electron chi connectivity index (χ4n) is 2.80. The van der Waals surface area contributed by atoms with E-state index in [0.717, 1.165) is 17.7 Å². The number of nitrogens with one attached hydrogen (secondary N) is 1. The van der Waals surface area contributed by atoms with E-state index in [9.17, 15) is 9.59 Å². The van der Waals surface area contributed by atoms with Crippen LogP contribution in [0.15, 0.2) is 24.3 Å². The lowest BCUT2D eigenvalue weighted by Crippen LogP contribution is -2.50. The number of nitrogens with zero attached hydrogens (tertiary/aromatic N) is 2. The highest BCUT2D eigenvalue weighted by Gasteiger charge is 2.23. The molecule has 1 aromatic rings. The first kappa shape index (κ1) is 21.3. The van der Waals surface area contributed by atoms with Crippen molar-refractivity contribution in [2.24, 2.45) is 0 Å². The van der Waals surface area contributed by atoms with Gasteiger partial charge in [0.2, 0.25) is 11.8 Å². The molecule has 2 rings (SSSR count). The number of hydrogen-bond donors (Lipinski definition) is 1. The number of aryl methyl sites for hydroxylation is 1. The standard InChI is InChI=1S/C18H27N3O3.ClH/c1-19-10-9-18(23)21-13-11-20(12-14-21)17(22)8-5-15-3-6-16(24-2)7-4-15;/h3-4,6-7,19H,5,8-14H2,1-2H3;1H. The van der Waals surface area contributed by atoms with E-state index in [-0.39, 0.29) is 24.2 Å². The SMILES string of the molecule is CNCCC(=O)N1CCN(C(=O)CCc2ccc(OC)cc2)CC1.Cl. The van der Waals surface area contributed by atoms with Gasteiger partial charge in [0.05, 0.1) is 7.11 Å². The summed E-state index contributed by atoms with van der Waals surface area (Å²) in [7, 11) is 3.48. The number of hydrogen-bond acceptors (Lipinski definition) is 4. The van der Waals surface area contributed by atoms with Crippen molar-refractivity contribution in [1.29, 1.82) is 0 Å². The maximum Gasteiger partial charge on any atom is 0.223 e. The summed E-state index contributed by atoms with van der Waals surface area (Å²) in [4.78, 5) is 28.0. The van der Waals surface area contributed by atoms with Crippen molar-refractivity contribution in [1.82, 2.24) is 15.1 Å². The van der Waals surface area contributed by atoms with Gasteiger partial charge in [-0.2, -0.15) is 0 Å². The number of ether oxygens (including phenoxy) is 1. The first-order valence-corrected chi connectivity index (χ1v) is 8.47. The van der Waals surface area contributed by atoms with Crippen molar-refractivity contribution >= 4 is 24.2 Å². The summed E-state index contributed by atoms with van der Waals surface area (Å²) in [6.07, 6.45) is 1.74. The molecule has 1 N–H and O–H groups in total. The molecule has 1 heterocycles. The maximum atomic E-state index is 12.3. The highest BCUT2D eigenvalue weighted by molar-refractivity contribution is 5.85. The molecule has 0 atom stereocenters. The normalized spacial score (nSPS) is 14.0. The molecular formula is C18H28ClN3O3. The molecule has 25 heavy (non-hydrogen) atoms. The second-order valence-corrected chi connectivity index (χ2v) is 5.96. The molecule has 7 heteroatoms. The minimum absolute atomic E-state index is 0. The third-order valence-corrected chi connectivity index (χ3v) is 4.36. The van der Waals surface area contributed by atoms with Crippen LogP contribution in [-0.2, 0) is 16.0 Å². The number of halogens is 1. The summed E-state index contributed by atoms with van der Waals surface area (Å²) in [5.74, 6) is 1.15. The summed E-state index contributed by atoms with van der Waals surface area (Å²) in [6, 6.07) is 7.81. The lowest BCUT2D eigenvalue weighted by molar-refractivity contribution is -0.139. The van der Waals surface area contributed by atoms with Crippen molar-refractivity contribution in [3.8, 4) is 5.75 Å². The zero-order valence-corrected chi connectivity index (χ0v) is 15.8. The molecule has 0 unspecified atom stereocenters. The van der Waals surface area contributed by atoms with E-state index in [1.807, 2.05) is 41.1 Å². The Hall–Kier alpha value is -1.79. The van der Waals surface area contributed by atoms with Crippen LogP contribution in [0, 0.1) is 0 Å². The van der Waals surface area contributed by atoms with Crippen LogP contribution >= 0.6 is 12.4 Å². The third kappa shape index (κ3) is 6.55. The van der Waals surface area contributed by atoms with Crippen molar-refractivity contribution in [2.75, 3.05) is 46.9 Å². The molecule has 140 valence electrons. The van der Waals surface area contributed by atoms with Crippen LogP contribution in [0.2, 0.25) is 0 Å². The summed E-state index contributed by atoms with van der Waals surface area (Å²) >= 11 is 0. The van der Waals surface area contributed by atoms with Crippen LogP contribution in [0.4, 0.5) is 0 Å². The lowest BCUT2D eigenvalue weighted by atomic mass is 10.1. The molecule has 1 aliphatic rings. The summed E-state index contributed by atoms with van der Waals surface area (Å²) < 4.78 is 5.13. The Kier molecular flexibility index (Phi) is 9.31. The van der Waals surface area contributed by atoms with Gasteiger partial charge in [0.15, 0.2) is 0 Å². The van der Waals surface area contributed by atoms with E-state index in [1.165, 1.54) is 0 Å². The van der Waals surface area contributed by atoms with Gasteiger partial charge in [-0.25, -0.2) is 0 Å². The third-order valence-electron chi connectivity index (χ3n) is 4.36. The molecule has 1 aromatic carbocycles. The fraction of sp³-hybridized carbons (Fsp3) is 0.556. The second-order valence-electron chi connectivity index (χ2n) is 5.96. The summed E-state index contributed by atoms with van der Waals surface area (Å²) in [5.41, 5.74) is 1.13. The molecule has 0 aromatic heterocycles. The number of amides is 2. The van der Waals surface area contributed by atoms with E-state index in [1.54, 1.807) is 7.11 Å². The average Bonchev–Trinajstić information content (AvgIpc) is 2.64. The predicted octanol–water partition coefficient (Wildman–Crippen LogP) is 1.33. The fourth-order valence-corrected chi connectivity index (χ4v) is 2.80. The quantitative estimate of drug-likeness (QED) is 0.787. The molecule has 1 saturated heterocycles. The van der Waals surface area contributed by atoms with Crippen LogP contribution in [0.1, 0.15) is 18.4 Å². The van der Waals surface area contributed by atoms with Gasteiger partial charge in [-0.15, -0.1) is 12.4 Å². The van der Waals surface area contributed by atoms with E-state index in [2.05, 4.69) is 5.32 Å². The van der Waals surface area contributed by atoms with Crippen LogP contribution in [0.5, 0.6) is 5.75 Å². The number of methoxy groups -OCH3 is 1. The second kappa shape index (κ2) is 10.9. The average molecular weight is 370 g/mol. The Bertz CT molecular complexity index is 543. The first-order chi connectivity index (χ1) is 11.6. The molecule has 0 spiro atoms. The molecule has 1 aliphatic heterocycles. The molecule has 2 amide bonds. The predicted molar refractivity (Wildman–Crippen MR) is 100 cm³/mol. The van der Waals surface area contributed by atoms with Crippen molar-refractivity contribution in [3.05, 3.63) is 29.8 Å². The van der Waals surface area contributed by atoms with Gasteiger partial charge in [0.1, 0.15) is 5.75 Å². The zero-order chi connectivity index (χ0) is 17.4. The van der Waals surface area contributed by atoms with Crippen molar-refractivity contribution < 1.29 is 14.3 Å². The monoisotopic (exact) mass is 369 g/mol. The number of benzene rings is 1. The van der Waals surface area contributed by atoms with E-state index in [4.69, 9.17) is 4.74 Å². The minimum atomic E-state index is 0. The van der Waals surface area contributed by atoms with Crippen LogP contribution in [-0.4, -0.2) is 68.5 Å². The number of carbonyl (C=O) groups excluding carboxylic acids is 2. The highest BCUT2D eigenvalue weighted by Crippen LogP contribution is 2.13. The molecule has 0 saturated carbocycles. The van der Waals surface area contributed by atoms with Gasteiger partial charge in [0, 0.05) is 45.6 Å². The van der Waals surface area contributed by atoms with Crippen LogP contribution < -0.4 is 10.1 Å². The number of carbonyl (C=O) groups is 2. The van der Waals surface area contributed by atoms with E-state index < -0.39 is 0 Å². The highest BCUT2D eigenvalue weighted by atomic mass is 35.5. The Morgan fingerprint density at radius 3 is 2.00 bits per heavy atom. The Morgan fingerprint density at radius 1 is 1.00 bits per heavy atom. The number of rotatable bonds is 7. The molecule has 1 fully saturated rings. The van der Waals surface area contributed by atoms with Gasteiger partial charge in [-0.3, -0.25) is 9.59 Å². The number of piperazine rings is 1. The molecular weight excluding hydrogens is 342 g/mol. The van der Waals surface area contributed by atoms with E-state index in [0.29, 0.717) is 45.6 Å². The van der Waals surface area contributed by atoms with Crippen molar-refractivity contribution in [2.45, 2.75) is 19.3 Å². The smallest absolute Gasteiger partial charge is 0.223 e. The lowest BCUT2D eigenvalue weighted by Gasteiger charge is -2.35. The minimum Gasteiger partial charge on any atom is -0.497 e. The van der Waals surface area contributed by atoms with Gasteiger partial charge >= 0.3 is 0 Å². The molecule has 0 bridgehead atoms. The van der Waals surface area contributed by atoms with Gasteiger partial charge in [0.25, 0.3) is 0 Å². The topological polar surface area (TPSA) is 61.9 Å². The largest absolute Gasteiger partial charge is 0.497 e. The van der Waals surface area contributed by atoms with Gasteiger partial charge in [-0.05, 0) is 31.2 Å². The van der Waals surface area contributed by atoms with Crippen LogP contribution in [0.25, 0.3) is 0 Å². The molecule has 0 radical (unpaired) electrons. The van der Waals surface area contributed by atoms with Gasteiger partial charge in [-0.1, -0.05) is 12.1 Å².